The molecule has 0 aliphatic rings. The zero-order valence-electron chi connectivity index (χ0n) is 9.88. The molecule has 1 aromatic heterocycles. The van der Waals surface area contributed by atoms with E-state index in [0.717, 1.165) is 12.6 Å². The highest BCUT2D eigenvalue weighted by Gasteiger charge is 2.07. The van der Waals surface area contributed by atoms with Crippen molar-refractivity contribution in [2.75, 3.05) is 30.8 Å². The van der Waals surface area contributed by atoms with Gasteiger partial charge in [-0.3, -0.25) is 4.79 Å². The van der Waals surface area contributed by atoms with Crippen molar-refractivity contribution in [3.8, 4) is 0 Å². The van der Waals surface area contributed by atoms with Gasteiger partial charge in [-0.15, -0.1) is 0 Å². The number of rotatable bonds is 6. The summed E-state index contributed by atoms with van der Waals surface area (Å²) in [6.07, 6.45) is 1.91. The number of carbonyl (C=O) groups is 1. The van der Waals surface area contributed by atoms with Gasteiger partial charge >= 0.3 is 0 Å². The fourth-order valence-electron chi connectivity index (χ4n) is 1.10. The molecule has 0 atom stereocenters. The molecule has 0 fully saturated rings. The Balaban J connectivity index is 2.53. The number of amides is 1. The molecule has 0 radical (unpaired) electrons. The lowest BCUT2D eigenvalue weighted by atomic mass is 10.4. The minimum atomic E-state index is -0.590. The van der Waals surface area contributed by atoms with Crippen LogP contribution in [0.5, 0.6) is 0 Å². The Morgan fingerprint density at radius 3 is 2.94 bits per heavy atom. The third-order valence-corrected chi connectivity index (χ3v) is 1.96. The van der Waals surface area contributed by atoms with E-state index in [9.17, 15) is 9.18 Å². The minimum Gasteiger partial charge on any atom is -0.358 e. The molecule has 0 aromatic carbocycles. The first-order valence-corrected chi connectivity index (χ1v) is 5.38. The molecule has 0 aliphatic carbocycles. The van der Waals surface area contributed by atoms with Crippen molar-refractivity contribution in [2.24, 2.45) is 0 Å². The molecule has 17 heavy (non-hydrogen) atoms. The molecule has 0 saturated heterocycles. The minimum absolute atomic E-state index is 0.0102. The maximum atomic E-state index is 13.3. The Kier molecular flexibility index (Phi) is 5.12. The van der Waals surface area contributed by atoms with Crippen molar-refractivity contribution in [2.45, 2.75) is 13.3 Å². The van der Waals surface area contributed by atoms with Gasteiger partial charge in [0, 0.05) is 13.6 Å². The lowest BCUT2D eigenvalue weighted by Gasteiger charge is -2.08. The average Bonchev–Trinajstić information content (AvgIpc) is 2.35. The lowest BCUT2D eigenvalue weighted by Crippen LogP contribution is -2.30. The van der Waals surface area contributed by atoms with Crippen molar-refractivity contribution < 1.29 is 9.18 Å². The number of nitrogens with zero attached hydrogens (tertiary/aromatic N) is 2. The van der Waals surface area contributed by atoms with E-state index >= 15 is 0 Å². The van der Waals surface area contributed by atoms with Crippen LogP contribution in [0.4, 0.5) is 16.2 Å². The molecule has 1 rings (SSSR count). The topological polar surface area (TPSA) is 78.9 Å². The molecular weight excluding hydrogens is 225 g/mol. The molecule has 3 N–H and O–H groups in total. The van der Waals surface area contributed by atoms with Crippen molar-refractivity contribution >= 4 is 17.7 Å². The quantitative estimate of drug-likeness (QED) is 0.679. The third kappa shape index (κ3) is 4.21. The summed E-state index contributed by atoms with van der Waals surface area (Å²) in [5.41, 5.74) is 0. The number of nitrogens with one attached hydrogen (secondary N) is 3. The molecule has 7 heteroatoms. The van der Waals surface area contributed by atoms with Crippen molar-refractivity contribution in [3.05, 3.63) is 12.0 Å². The zero-order chi connectivity index (χ0) is 12.7. The molecule has 1 amide bonds. The van der Waals surface area contributed by atoms with E-state index in [-0.39, 0.29) is 18.3 Å². The summed E-state index contributed by atoms with van der Waals surface area (Å²) in [5.74, 6) is -0.484. The number of hydrogen-bond acceptors (Lipinski definition) is 5. The number of hydrogen-bond donors (Lipinski definition) is 3. The van der Waals surface area contributed by atoms with Crippen LogP contribution in [0.15, 0.2) is 6.20 Å². The van der Waals surface area contributed by atoms with E-state index in [4.69, 9.17) is 0 Å². The van der Waals surface area contributed by atoms with Crippen LogP contribution in [0.25, 0.3) is 0 Å². The van der Waals surface area contributed by atoms with Crippen LogP contribution in [-0.2, 0) is 4.79 Å². The number of aromatic nitrogens is 2. The molecular formula is C10H16FN5O. The van der Waals surface area contributed by atoms with Gasteiger partial charge in [-0.05, 0) is 6.42 Å². The molecule has 0 saturated carbocycles. The average molecular weight is 241 g/mol. The van der Waals surface area contributed by atoms with E-state index in [0.29, 0.717) is 12.5 Å². The fraction of sp³-hybridized carbons (Fsp3) is 0.500. The van der Waals surface area contributed by atoms with Crippen LogP contribution in [0, 0.1) is 5.82 Å². The van der Waals surface area contributed by atoms with Crippen molar-refractivity contribution in [1.29, 1.82) is 0 Å². The van der Waals surface area contributed by atoms with Gasteiger partial charge in [0.15, 0.2) is 11.6 Å². The highest BCUT2D eigenvalue weighted by molar-refractivity contribution is 5.80. The number of anilines is 2. The fourth-order valence-corrected chi connectivity index (χ4v) is 1.10. The van der Waals surface area contributed by atoms with Crippen LogP contribution in [0.1, 0.15) is 13.3 Å². The normalized spacial score (nSPS) is 9.82. The Bertz CT molecular complexity index is 385. The maximum Gasteiger partial charge on any atom is 0.239 e. The predicted molar refractivity (Wildman–Crippen MR) is 63.3 cm³/mol. The molecule has 0 spiro atoms. The summed E-state index contributed by atoms with van der Waals surface area (Å²) in [6, 6.07) is 0. The molecule has 1 aromatic rings. The van der Waals surface area contributed by atoms with Gasteiger partial charge in [-0.2, -0.15) is 4.98 Å². The largest absolute Gasteiger partial charge is 0.358 e. The van der Waals surface area contributed by atoms with E-state index in [1.54, 1.807) is 7.05 Å². The van der Waals surface area contributed by atoms with Crippen molar-refractivity contribution in [3.63, 3.8) is 0 Å². The number of carbonyl (C=O) groups excluding carboxylic acids is 1. The van der Waals surface area contributed by atoms with Gasteiger partial charge in [0.2, 0.25) is 11.9 Å². The van der Waals surface area contributed by atoms with Gasteiger partial charge in [0.05, 0.1) is 12.7 Å². The van der Waals surface area contributed by atoms with E-state index in [1.165, 1.54) is 0 Å². The Labute approximate surface area is 99.0 Å². The zero-order valence-corrected chi connectivity index (χ0v) is 9.88. The number of halogens is 1. The summed E-state index contributed by atoms with van der Waals surface area (Å²) in [5, 5.41) is 7.97. The summed E-state index contributed by atoms with van der Waals surface area (Å²) in [6.45, 7) is 2.54. The highest BCUT2D eigenvalue weighted by Crippen LogP contribution is 2.10. The molecule has 1 heterocycles. The van der Waals surface area contributed by atoms with Crippen LogP contribution in [0.2, 0.25) is 0 Å². The van der Waals surface area contributed by atoms with Crippen LogP contribution >= 0.6 is 0 Å². The first-order chi connectivity index (χ1) is 8.17. The molecule has 0 unspecified atom stereocenters. The van der Waals surface area contributed by atoms with Gasteiger partial charge < -0.3 is 16.0 Å². The Morgan fingerprint density at radius 1 is 1.53 bits per heavy atom. The van der Waals surface area contributed by atoms with Gasteiger partial charge in [0.1, 0.15) is 0 Å². The Morgan fingerprint density at radius 2 is 2.29 bits per heavy atom. The summed E-state index contributed by atoms with van der Waals surface area (Å²) >= 11 is 0. The molecule has 6 nitrogen and oxygen atoms in total. The first-order valence-electron chi connectivity index (χ1n) is 5.38. The molecule has 0 bridgehead atoms. The lowest BCUT2D eigenvalue weighted by molar-refractivity contribution is -0.119. The summed E-state index contributed by atoms with van der Waals surface area (Å²) in [4.78, 5) is 18.8. The van der Waals surface area contributed by atoms with Crippen LogP contribution < -0.4 is 16.0 Å². The maximum absolute atomic E-state index is 13.3. The standard InChI is InChI=1S/C10H16FN5O/c1-3-4-13-8(17)6-14-9-7(11)5-15-10(12-2)16-9/h5H,3-4,6H2,1-2H3,(H,13,17)(H2,12,14,15,16). The van der Waals surface area contributed by atoms with E-state index < -0.39 is 5.82 Å². The predicted octanol–water partition coefficient (Wildman–Crippen LogP) is 0.595. The second kappa shape index (κ2) is 6.62. The van der Waals surface area contributed by atoms with Gasteiger partial charge in [0.25, 0.3) is 0 Å². The van der Waals surface area contributed by atoms with Crippen LogP contribution in [0.3, 0.4) is 0 Å². The van der Waals surface area contributed by atoms with E-state index in [1.807, 2.05) is 6.92 Å². The van der Waals surface area contributed by atoms with Crippen molar-refractivity contribution in [1.82, 2.24) is 15.3 Å². The smallest absolute Gasteiger partial charge is 0.239 e. The van der Waals surface area contributed by atoms with Gasteiger partial charge in [-0.25, -0.2) is 9.37 Å². The SMILES string of the molecule is CCCNC(=O)CNc1nc(NC)ncc1F. The molecule has 94 valence electrons. The Hall–Kier alpha value is -1.92. The third-order valence-electron chi connectivity index (χ3n) is 1.96. The highest BCUT2D eigenvalue weighted by atomic mass is 19.1. The van der Waals surface area contributed by atoms with E-state index in [2.05, 4.69) is 25.9 Å². The van der Waals surface area contributed by atoms with Crippen LogP contribution in [-0.4, -0.2) is 36.0 Å². The summed E-state index contributed by atoms with van der Waals surface area (Å²) in [7, 11) is 1.63. The monoisotopic (exact) mass is 241 g/mol. The summed E-state index contributed by atoms with van der Waals surface area (Å²) < 4.78 is 13.3. The van der Waals surface area contributed by atoms with Gasteiger partial charge in [-0.1, -0.05) is 6.92 Å². The second-order valence-electron chi connectivity index (χ2n) is 3.34. The second-order valence-corrected chi connectivity index (χ2v) is 3.34. The first kappa shape index (κ1) is 13.1. The molecule has 0 aliphatic heterocycles.